The first-order valence-corrected chi connectivity index (χ1v) is 15.1. The molecule has 2 fully saturated rings. The average molecular weight is 622 g/mol. The molecule has 7 rings (SSSR count). The molecule has 1 saturated carbocycles. The van der Waals surface area contributed by atoms with Gasteiger partial charge in [0, 0.05) is 37.8 Å². The molecule has 1 aliphatic carbocycles. The van der Waals surface area contributed by atoms with Gasteiger partial charge in [0.25, 0.3) is 11.5 Å². The largest absolute Gasteiger partial charge is 0.497 e. The number of nitrogens with one attached hydrogen (secondary N) is 1. The van der Waals surface area contributed by atoms with Gasteiger partial charge in [0.2, 0.25) is 0 Å². The van der Waals surface area contributed by atoms with E-state index in [2.05, 4.69) is 16.4 Å². The zero-order chi connectivity index (χ0) is 31.8. The van der Waals surface area contributed by atoms with Gasteiger partial charge in [-0.25, -0.2) is 9.78 Å². The number of anilines is 2. The minimum absolute atomic E-state index is 0.0787. The summed E-state index contributed by atoms with van der Waals surface area (Å²) < 4.78 is 18.4. The second-order valence-electron chi connectivity index (χ2n) is 11.5. The van der Waals surface area contributed by atoms with E-state index in [0.29, 0.717) is 66.5 Å². The third-order valence-corrected chi connectivity index (χ3v) is 8.75. The van der Waals surface area contributed by atoms with Crippen LogP contribution in [-0.2, 0) is 22.6 Å². The van der Waals surface area contributed by atoms with Gasteiger partial charge in [0.15, 0.2) is 18.2 Å². The summed E-state index contributed by atoms with van der Waals surface area (Å²) in [5, 5.41) is 12.8. The minimum atomic E-state index is -0.476. The van der Waals surface area contributed by atoms with Gasteiger partial charge >= 0.3 is 6.09 Å². The summed E-state index contributed by atoms with van der Waals surface area (Å²) in [6.45, 7) is 1.11. The van der Waals surface area contributed by atoms with Crippen LogP contribution in [0.25, 0.3) is 11.0 Å². The zero-order valence-electron chi connectivity index (χ0n) is 25.1. The smallest absolute Gasteiger partial charge is 0.416 e. The van der Waals surface area contributed by atoms with E-state index < -0.39 is 6.09 Å². The topological polar surface area (TPSA) is 152 Å². The Kier molecular flexibility index (Phi) is 7.71. The number of benzene rings is 1. The van der Waals surface area contributed by atoms with Crippen LogP contribution in [0.3, 0.4) is 0 Å². The van der Waals surface area contributed by atoms with Gasteiger partial charge < -0.3 is 24.1 Å². The standard InChI is InChI=1S/C33H31N7O6/c1-44-23-5-2-20(3-6-23)18-39-31(42)19-45-27-9-10-29(37-32(27)39)40-25-8-4-22(15-28(25)46-33(40)43)35-12-13-38-26-14-21(16-34)17-36-24(26)7-11-30(38)41/h2-3,5-7,9-11,14,17,22,25,28,35H,4,8,12-13,15,18-19H2,1H3/t22-,25-,28+/m0/s1. The Morgan fingerprint density at radius 3 is 2.74 bits per heavy atom. The van der Waals surface area contributed by atoms with Gasteiger partial charge in [0.05, 0.1) is 36.3 Å². The molecule has 234 valence electrons. The van der Waals surface area contributed by atoms with E-state index in [1.165, 1.54) is 12.3 Å². The molecule has 3 aromatic heterocycles. The van der Waals surface area contributed by atoms with E-state index in [1.54, 1.807) is 45.7 Å². The number of nitrogens with zero attached hydrogens (tertiary/aromatic N) is 6. The van der Waals surface area contributed by atoms with Crippen LogP contribution in [0, 0.1) is 11.3 Å². The van der Waals surface area contributed by atoms with Crippen LogP contribution >= 0.6 is 0 Å². The normalized spacial score (nSPS) is 20.5. The summed E-state index contributed by atoms with van der Waals surface area (Å²) in [6, 6.07) is 17.7. The third-order valence-electron chi connectivity index (χ3n) is 8.75. The van der Waals surface area contributed by atoms with Crippen molar-refractivity contribution in [2.75, 3.05) is 30.1 Å². The maximum Gasteiger partial charge on any atom is 0.416 e. The number of hydrogen-bond donors (Lipinski definition) is 1. The molecule has 13 heteroatoms. The van der Waals surface area contributed by atoms with Crippen LogP contribution in [0.5, 0.6) is 11.5 Å². The molecular weight excluding hydrogens is 590 g/mol. The number of ether oxygens (including phenoxy) is 3. The molecular formula is C33H31N7O6. The number of aromatic nitrogens is 3. The van der Waals surface area contributed by atoms with Gasteiger partial charge in [-0.05, 0) is 54.8 Å². The number of rotatable bonds is 8. The Morgan fingerprint density at radius 2 is 1.93 bits per heavy atom. The highest BCUT2D eigenvalue weighted by Crippen LogP contribution is 2.39. The number of carbonyl (C=O) groups excluding carboxylic acids is 2. The van der Waals surface area contributed by atoms with Crippen LogP contribution in [0.2, 0.25) is 0 Å². The van der Waals surface area contributed by atoms with E-state index >= 15 is 0 Å². The Bertz CT molecular complexity index is 1920. The van der Waals surface area contributed by atoms with Crippen molar-refractivity contribution in [2.45, 2.75) is 50.5 Å². The Balaban J connectivity index is 1.03. The van der Waals surface area contributed by atoms with Crippen molar-refractivity contribution >= 4 is 34.7 Å². The summed E-state index contributed by atoms with van der Waals surface area (Å²) in [5.74, 6) is 1.73. The monoisotopic (exact) mass is 621 g/mol. The number of nitriles is 1. The number of carbonyl (C=O) groups is 2. The number of methoxy groups -OCH3 is 1. The molecule has 3 atom stereocenters. The van der Waals surface area contributed by atoms with E-state index in [4.69, 9.17) is 19.2 Å². The fraction of sp³-hybridized carbons (Fsp3) is 0.333. The lowest BCUT2D eigenvalue weighted by atomic mass is 9.88. The molecule has 5 heterocycles. The maximum atomic E-state index is 13.2. The summed E-state index contributed by atoms with van der Waals surface area (Å²) in [4.78, 5) is 50.9. The van der Waals surface area contributed by atoms with Crippen molar-refractivity contribution in [1.29, 1.82) is 5.26 Å². The maximum absolute atomic E-state index is 13.2. The number of fused-ring (bicyclic) bond motifs is 3. The lowest BCUT2D eigenvalue weighted by Gasteiger charge is -2.34. The van der Waals surface area contributed by atoms with E-state index in [-0.39, 0.29) is 36.3 Å². The molecule has 2 aliphatic heterocycles. The molecule has 46 heavy (non-hydrogen) atoms. The first-order chi connectivity index (χ1) is 22.4. The van der Waals surface area contributed by atoms with Gasteiger partial charge in [-0.3, -0.25) is 24.4 Å². The van der Waals surface area contributed by atoms with Crippen LogP contribution < -0.4 is 30.1 Å². The molecule has 0 radical (unpaired) electrons. The minimum Gasteiger partial charge on any atom is -0.497 e. The van der Waals surface area contributed by atoms with Crippen molar-refractivity contribution < 1.29 is 23.8 Å². The second-order valence-corrected chi connectivity index (χ2v) is 11.5. The van der Waals surface area contributed by atoms with Gasteiger partial charge in [-0.15, -0.1) is 0 Å². The highest BCUT2D eigenvalue weighted by molar-refractivity contribution is 5.97. The van der Waals surface area contributed by atoms with Crippen LogP contribution in [0.15, 0.2) is 65.6 Å². The highest BCUT2D eigenvalue weighted by Gasteiger charge is 2.47. The molecule has 1 N–H and O–H groups in total. The SMILES string of the molecule is COc1ccc(CN2C(=O)COc3ccc(N4C(=O)O[C@@H]5C[C@@H](NCCn6c(=O)ccc7ncc(C#N)cc76)CC[C@@H]54)nc32)cc1. The number of amides is 2. The second kappa shape index (κ2) is 12.1. The molecule has 0 unspecified atom stereocenters. The van der Waals surface area contributed by atoms with Gasteiger partial charge in [-0.1, -0.05) is 12.1 Å². The summed E-state index contributed by atoms with van der Waals surface area (Å²) in [5.41, 5.74) is 2.39. The third kappa shape index (κ3) is 5.48. The molecule has 0 bridgehead atoms. The fourth-order valence-electron chi connectivity index (χ4n) is 6.42. The fourth-order valence-corrected chi connectivity index (χ4v) is 6.42. The van der Waals surface area contributed by atoms with Crippen molar-refractivity contribution in [2.24, 2.45) is 0 Å². The molecule has 13 nitrogen and oxygen atoms in total. The van der Waals surface area contributed by atoms with Crippen molar-refractivity contribution in [1.82, 2.24) is 19.9 Å². The number of pyridine rings is 3. The molecule has 2 amide bonds. The highest BCUT2D eigenvalue weighted by atomic mass is 16.6. The molecule has 1 saturated heterocycles. The van der Waals surface area contributed by atoms with E-state index in [1.807, 2.05) is 24.3 Å². The Labute approximate surface area is 263 Å². The van der Waals surface area contributed by atoms with Crippen LogP contribution in [0.4, 0.5) is 16.4 Å². The molecule has 1 aromatic carbocycles. The molecule has 3 aliphatic rings. The lowest BCUT2D eigenvalue weighted by molar-refractivity contribution is -0.121. The Hall–Kier alpha value is -5.48. The quantitative estimate of drug-likeness (QED) is 0.311. The average Bonchev–Trinajstić information content (AvgIpc) is 3.41. The van der Waals surface area contributed by atoms with Crippen molar-refractivity contribution in [3.8, 4) is 17.6 Å². The molecule has 0 spiro atoms. The lowest BCUT2D eigenvalue weighted by Crippen LogP contribution is -2.47. The van der Waals surface area contributed by atoms with Crippen LogP contribution in [0.1, 0.15) is 30.4 Å². The summed E-state index contributed by atoms with van der Waals surface area (Å²) >= 11 is 0. The van der Waals surface area contributed by atoms with Gasteiger partial charge in [-0.2, -0.15) is 5.26 Å². The van der Waals surface area contributed by atoms with Crippen LogP contribution in [-0.4, -0.2) is 65.0 Å². The number of hydrogen-bond acceptors (Lipinski definition) is 10. The van der Waals surface area contributed by atoms with Crippen molar-refractivity contribution in [3.63, 3.8) is 0 Å². The predicted molar refractivity (Wildman–Crippen MR) is 167 cm³/mol. The molecule has 4 aromatic rings. The first kappa shape index (κ1) is 29.2. The summed E-state index contributed by atoms with van der Waals surface area (Å²) in [6.07, 6.45) is 2.75. The zero-order valence-corrected chi connectivity index (χ0v) is 25.1. The predicted octanol–water partition coefficient (Wildman–Crippen LogP) is 3.13. The summed E-state index contributed by atoms with van der Waals surface area (Å²) in [7, 11) is 1.60. The Morgan fingerprint density at radius 1 is 1.09 bits per heavy atom. The van der Waals surface area contributed by atoms with Gasteiger partial charge in [0.1, 0.15) is 23.7 Å². The van der Waals surface area contributed by atoms with E-state index in [9.17, 15) is 19.6 Å². The first-order valence-electron chi connectivity index (χ1n) is 15.1. The van der Waals surface area contributed by atoms with Crippen molar-refractivity contribution in [3.05, 3.63) is 82.3 Å². The van der Waals surface area contributed by atoms with E-state index in [0.717, 1.165) is 17.7 Å².